The van der Waals surface area contributed by atoms with Crippen LogP contribution < -0.4 is 9.47 Å². The summed E-state index contributed by atoms with van der Waals surface area (Å²) in [5.74, 6) is 4.13. The van der Waals surface area contributed by atoms with Crippen LogP contribution in [0.25, 0.3) is 45.0 Å². The van der Waals surface area contributed by atoms with Gasteiger partial charge in [-0.25, -0.2) is 19.9 Å². The Morgan fingerprint density at radius 2 is 0.847 bits per heavy atom. The van der Waals surface area contributed by atoms with Crippen molar-refractivity contribution in [3.05, 3.63) is 132 Å². The Morgan fingerprint density at radius 3 is 1.20 bits per heavy atom. The van der Waals surface area contributed by atoms with Gasteiger partial charge in [-0.3, -0.25) is 0 Å². The van der Waals surface area contributed by atoms with Crippen LogP contribution in [-0.4, -0.2) is 33.1 Å². The van der Waals surface area contributed by atoms with Gasteiger partial charge in [0.25, 0.3) is 0 Å². The predicted octanol–water partition coefficient (Wildman–Crippen LogP) is 13.2. The molecule has 0 spiro atoms. The van der Waals surface area contributed by atoms with E-state index in [2.05, 4.69) is 146 Å². The number of ether oxygens (including phenoxy) is 3. The summed E-state index contributed by atoms with van der Waals surface area (Å²) in [6.07, 6.45) is 16.6. The fourth-order valence-corrected chi connectivity index (χ4v) is 6.69. The van der Waals surface area contributed by atoms with E-state index in [1.807, 2.05) is 24.8 Å². The highest BCUT2D eigenvalue weighted by molar-refractivity contribution is 5.73. The third kappa shape index (κ3) is 12.3. The second-order valence-electron chi connectivity index (χ2n) is 16.0. The SMILES string of the molecule is CCCCc1cnc(-c2ccc(-c3cc(OCC(C)CC)ccc3COCc3ccc(OCC(C)CC)cc3-c3ccc(-c4ncc(CCCC)cn4)cc3)cc2)nc1. The lowest BCUT2D eigenvalue weighted by atomic mass is 9.97. The van der Waals surface area contributed by atoms with Gasteiger partial charge in [-0.2, -0.15) is 0 Å². The molecular formula is C52H62N4O3. The van der Waals surface area contributed by atoms with E-state index in [0.717, 1.165) is 119 Å². The molecule has 4 aromatic carbocycles. The molecular weight excluding hydrogens is 729 g/mol. The van der Waals surface area contributed by atoms with Gasteiger partial charge in [0.1, 0.15) is 11.5 Å². The van der Waals surface area contributed by atoms with Gasteiger partial charge in [0.2, 0.25) is 0 Å². The van der Waals surface area contributed by atoms with Crippen LogP contribution in [0.15, 0.2) is 110 Å². The highest BCUT2D eigenvalue weighted by Crippen LogP contribution is 2.33. The zero-order chi connectivity index (χ0) is 41.4. The van der Waals surface area contributed by atoms with Crippen LogP contribution in [-0.2, 0) is 30.8 Å². The molecule has 6 rings (SSSR count). The first kappa shape index (κ1) is 43.2. The largest absolute Gasteiger partial charge is 0.493 e. The Hall–Kier alpha value is -5.40. The maximum absolute atomic E-state index is 6.58. The third-order valence-electron chi connectivity index (χ3n) is 11.1. The fourth-order valence-electron chi connectivity index (χ4n) is 6.69. The van der Waals surface area contributed by atoms with Crippen LogP contribution in [0.4, 0.5) is 0 Å². The monoisotopic (exact) mass is 790 g/mol. The van der Waals surface area contributed by atoms with Crippen LogP contribution in [0, 0.1) is 11.8 Å². The first-order valence-electron chi connectivity index (χ1n) is 21.8. The average molecular weight is 791 g/mol. The number of aromatic nitrogens is 4. The Labute approximate surface area is 352 Å². The highest BCUT2D eigenvalue weighted by Gasteiger charge is 2.14. The summed E-state index contributed by atoms with van der Waals surface area (Å²) in [7, 11) is 0. The van der Waals surface area contributed by atoms with E-state index in [1.54, 1.807) is 0 Å². The molecule has 2 unspecified atom stereocenters. The molecule has 0 aliphatic carbocycles. The van der Waals surface area contributed by atoms with Gasteiger partial charge in [-0.15, -0.1) is 0 Å². The summed E-state index contributed by atoms with van der Waals surface area (Å²) in [6, 6.07) is 29.7. The van der Waals surface area contributed by atoms with E-state index in [1.165, 1.54) is 11.1 Å². The minimum absolute atomic E-state index is 0.432. The van der Waals surface area contributed by atoms with Crippen molar-refractivity contribution in [1.82, 2.24) is 19.9 Å². The van der Waals surface area contributed by atoms with Gasteiger partial charge in [-0.1, -0.05) is 128 Å². The molecule has 2 atom stereocenters. The van der Waals surface area contributed by atoms with Gasteiger partial charge >= 0.3 is 0 Å². The summed E-state index contributed by atoms with van der Waals surface area (Å²) in [6.45, 7) is 15.4. The van der Waals surface area contributed by atoms with Crippen LogP contribution in [0.1, 0.15) is 102 Å². The molecule has 59 heavy (non-hydrogen) atoms. The standard InChI is InChI=1S/C52H62N4O3/c1-7-11-13-39-29-53-51(54-30-39)43-19-15-41(16-20-43)49-27-47(58-33-37(5)9-3)25-23-45(49)35-57-36-46-24-26-48(59-34-38(6)10-4)28-50(46)42-17-21-44(22-18-42)52-55-31-40(32-56-52)14-12-8-2/h15-32,37-38H,7-14,33-36H2,1-6H3. The molecule has 0 fully saturated rings. The summed E-state index contributed by atoms with van der Waals surface area (Å²) in [5, 5.41) is 0. The Bertz CT molecular complexity index is 2010. The van der Waals surface area contributed by atoms with Crippen molar-refractivity contribution in [1.29, 1.82) is 0 Å². The molecule has 2 heterocycles. The van der Waals surface area contributed by atoms with Crippen molar-refractivity contribution >= 4 is 0 Å². The number of unbranched alkanes of at least 4 members (excludes halogenated alkanes) is 2. The quantitative estimate of drug-likeness (QED) is 0.0677. The topological polar surface area (TPSA) is 79.2 Å². The lowest BCUT2D eigenvalue weighted by Crippen LogP contribution is -2.08. The number of hydrogen-bond donors (Lipinski definition) is 0. The lowest BCUT2D eigenvalue weighted by molar-refractivity contribution is 0.107. The van der Waals surface area contributed by atoms with Crippen LogP contribution in [0.3, 0.4) is 0 Å². The molecule has 308 valence electrons. The highest BCUT2D eigenvalue weighted by atomic mass is 16.5. The van der Waals surface area contributed by atoms with Crippen molar-refractivity contribution in [3.8, 4) is 56.5 Å². The predicted molar refractivity (Wildman–Crippen MR) is 241 cm³/mol. The zero-order valence-electron chi connectivity index (χ0n) is 36.0. The number of aryl methyl sites for hydroxylation is 2. The number of benzene rings is 4. The molecule has 0 radical (unpaired) electrons. The lowest BCUT2D eigenvalue weighted by Gasteiger charge is -2.17. The summed E-state index contributed by atoms with van der Waals surface area (Å²) >= 11 is 0. The number of rotatable bonds is 22. The van der Waals surface area contributed by atoms with Gasteiger partial charge in [0.05, 0.1) is 26.4 Å². The summed E-state index contributed by atoms with van der Waals surface area (Å²) in [4.78, 5) is 18.7. The van der Waals surface area contributed by atoms with Gasteiger partial charge in [0.15, 0.2) is 11.6 Å². The molecule has 0 aliphatic rings. The molecule has 0 saturated heterocycles. The van der Waals surface area contributed by atoms with E-state index >= 15 is 0 Å². The maximum atomic E-state index is 6.58. The zero-order valence-corrected chi connectivity index (χ0v) is 36.0. The van der Waals surface area contributed by atoms with E-state index < -0.39 is 0 Å². The summed E-state index contributed by atoms with van der Waals surface area (Å²) < 4.78 is 19.1. The normalized spacial score (nSPS) is 12.3. The first-order chi connectivity index (χ1) is 28.9. The van der Waals surface area contributed by atoms with Crippen LogP contribution in [0.5, 0.6) is 11.5 Å². The van der Waals surface area contributed by atoms with E-state index in [4.69, 9.17) is 14.2 Å². The van der Waals surface area contributed by atoms with E-state index in [9.17, 15) is 0 Å². The third-order valence-corrected chi connectivity index (χ3v) is 11.1. The molecule has 0 aliphatic heterocycles. The van der Waals surface area contributed by atoms with Crippen molar-refractivity contribution in [2.75, 3.05) is 13.2 Å². The Kier molecular flexibility index (Phi) is 16.2. The van der Waals surface area contributed by atoms with Crippen LogP contribution >= 0.6 is 0 Å². The molecule has 6 aromatic rings. The fraction of sp³-hybridized carbons (Fsp3) is 0.385. The molecule has 7 nitrogen and oxygen atoms in total. The van der Waals surface area contributed by atoms with E-state index in [-0.39, 0.29) is 0 Å². The molecule has 0 bridgehead atoms. The minimum Gasteiger partial charge on any atom is -0.493 e. The average Bonchev–Trinajstić information content (AvgIpc) is 3.29. The molecule has 0 amide bonds. The van der Waals surface area contributed by atoms with Gasteiger partial charge in [-0.05, 0) is 106 Å². The van der Waals surface area contributed by atoms with Crippen molar-refractivity contribution < 1.29 is 14.2 Å². The van der Waals surface area contributed by atoms with E-state index in [0.29, 0.717) is 38.3 Å². The Morgan fingerprint density at radius 1 is 0.475 bits per heavy atom. The maximum Gasteiger partial charge on any atom is 0.159 e. The summed E-state index contributed by atoms with van der Waals surface area (Å²) in [5.41, 5.74) is 10.8. The first-order valence-corrected chi connectivity index (χ1v) is 21.8. The van der Waals surface area contributed by atoms with Gasteiger partial charge in [0, 0.05) is 35.9 Å². The Balaban J connectivity index is 1.22. The molecule has 7 heteroatoms. The van der Waals surface area contributed by atoms with Crippen molar-refractivity contribution in [2.45, 2.75) is 106 Å². The van der Waals surface area contributed by atoms with Crippen LogP contribution in [0.2, 0.25) is 0 Å². The molecule has 0 N–H and O–H groups in total. The number of hydrogen-bond acceptors (Lipinski definition) is 7. The second-order valence-corrected chi connectivity index (χ2v) is 16.0. The van der Waals surface area contributed by atoms with Gasteiger partial charge < -0.3 is 14.2 Å². The number of nitrogens with zero attached hydrogens (tertiary/aromatic N) is 4. The smallest absolute Gasteiger partial charge is 0.159 e. The van der Waals surface area contributed by atoms with Crippen molar-refractivity contribution in [3.63, 3.8) is 0 Å². The second kappa shape index (κ2) is 22.1. The molecule has 2 aromatic heterocycles. The van der Waals surface area contributed by atoms with Crippen molar-refractivity contribution in [2.24, 2.45) is 11.8 Å². The molecule has 0 saturated carbocycles. The minimum atomic E-state index is 0.432.